The van der Waals surface area contributed by atoms with Crippen LogP contribution in [0.15, 0.2) is 48.0 Å². The molecule has 4 rings (SSSR count). The summed E-state index contributed by atoms with van der Waals surface area (Å²) in [5.74, 6) is 0.377. The fourth-order valence-electron chi connectivity index (χ4n) is 4.83. The van der Waals surface area contributed by atoms with Crippen LogP contribution in [0.1, 0.15) is 42.6 Å². The third kappa shape index (κ3) is 5.55. The van der Waals surface area contributed by atoms with Crippen LogP contribution >= 0.6 is 0 Å². The lowest BCUT2D eigenvalue weighted by Crippen LogP contribution is -2.46. The Balaban J connectivity index is 1.60. The molecule has 178 valence electrons. The third-order valence-corrected chi connectivity index (χ3v) is 6.24. The summed E-state index contributed by atoms with van der Waals surface area (Å²) in [4.78, 5) is 6.14. The average Bonchev–Trinajstić information content (AvgIpc) is 3.14. The van der Waals surface area contributed by atoms with Crippen molar-refractivity contribution in [3.63, 3.8) is 0 Å². The second kappa shape index (κ2) is 10.2. The molecule has 1 aromatic heterocycles. The molecule has 0 fully saturated rings. The van der Waals surface area contributed by atoms with Crippen molar-refractivity contribution in [2.45, 2.75) is 44.4 Å². The van der Waals surface area contributed by atoms with Crippen molar-refractivity contribution in [2.24, 2.45) is 0 Å². The summed E-state index contributed by atoms with van der Waals surface area (Å²) in [6.07, 6.45) is -2.65. The van der Waals surface area contributed by atoms with Crippen molar-refractivity contribution < 1.29 is 22.3 Å². The van der Waals surface area contributed by atoms with Crippen LogP contribution in [0, 0.1) is 0 Å². The Bertz CT molecular complexity index is 992. The lowest BCUT2D eigenvalue weighted by molar-refractivity contribution is -0.155. The number of rotatable bonds is 9. The first-order valence-electron chi connectivity index (χ1n) is 11.4. The van der Waals surface area contributed by atoms with E-state index in [1.165, 1.54) is 4.90 Å². The summed E-state index contributed by atoms with van der Waals surface area (Å²) in [7, 11) is 0. The van der Waals surface area contributed by atoms with Gasteiger partial charge in [0.05, 0.1) is 25.0 Å². The van der Waals surface area contributed by atoms with E-state index in [4.69, 9.17) is 4.74 Å². The SMILES string of the molecule is C[C@@H]1CC2=C(Cc3ccccc32)[C@@H](c2cccc(OCCNCCCF)n2)N1CC(F)(F)F. The quantitative estimate of drug-likeness (QED) is 0.414. The fourth-order valence-corrected chi connectivity index (χ4v) is 4.83. The maximum atomic E-state index is 13.5. The second-order valence-corrected chi connectivity index (χ2v) is 8.62. The predicted molar refractivity (Wildman–Crippen MR) is 120 cm³/mol. The molecule has 1 aromatic carbocycles. The molecule has 0 saturated heterocycles. The molecule has 1 aliphatic carbocycles. The van der Waals surface area contributed by atoms with Crippen LogP contribution in [0.25, 0.3) is 5.57 Å². The highest BCUT2D eigenvalue weighted by Crippen LogP contribution is 2.49. The van der Waals surface area contributed by atoms with Crippen LogP contribution in [-0.4, -0.2) is 55.0 Å². The number of nitrogens with zero attached hydrogens (tertiary/aromatic N) is 2. The molecule has 2 aliphatic rings. The van der Waals surface area contributed by atoms with E-state index in [0.717, 1.165) is 22.3 Å². The molecule has 1 aliphatic heterocycles. The molecule has 0 saturated carbocycles. The van der Waals surface area contributed by atoms with Gasteiger partial charge in [0.1, 0.15) is 6.61 Å². The first-order chi connectivity index (χ1) is 15.9. The number of benzene rings is 1. The molecule has 2 heterocycles. The van der Waals surface area contributed by atoms with E-state index in [-0.39, 0.29) is 12.7 Å². The van der Waals surface area contributed by atoms with Gasteiger partial charge in [-0.3, -0.25) is 9.29 Å². The van der Waals surface area contributed by atoms with Crippen molar-refractivity contribution in [3.8, 4) is 5.88 Å². The molecular weight excluding hydrogens is 434 g/mol. The first kappa shape index (κ1) is 23.7. The molecule has 0 amide bonds. The summed E-state index contributed by atoms with van der Waals surface area (Å²) in [5.41, 5.74) is 5.00. The minimum absolute atomic E-state index is 0.285. The first-order valence-corrected chi connectivity index (χ1v) is 11.4. The van der Waals surface area contributed by atoms with Gasteiger partial charge in [0.15, 0.2) is 0 Å². The van der Waals surface area contributed by atoms with Crippen LogP contribution in [0.3, 0.4) is 0 Å². The van der Waals surface area contributed by atoms with Gasteiger partial charge in [-0.25, -0.2) is 4.98 Å². The van der Waals surface area contributed by atoms with Crippen molar-refractivity contribution in [3.05, 3.63) is 64.9 Å². The Hall–Kier alpha value is -2.45. The molecule has 33 heavy (non-hydrogen) atoms. The van der Waals surface area contributed by atoms with Crippen molar-refractivity contribution in [1.29, 1.82) is 0 Å². The van der Waals surface area contributed by atoms with E-state index < -0.39 is 18.8 Å². The Morgan fingerprint density at radius 2 is 1.94 bits per heavy atom. The Morgan fingerprint density at radius 3 is 2.73 bits per heavy atom. The number of alkyl halides is 4. The molecule has 8 heteroatoms. The highest BCUT2D eigenvalue weighted by Gasteiger charge is 2.44. The van der Waals surface area contributed by atoms with Crippen LogP contribution in [-0.2, 0) is 6.42 Å². The zero-order chi connectivity index (χ0) is 23.4. The average molecular weight is 464 g/mol. The number of hydrogen-bond acceptors (Lipinski definition) is 4. The maximum absolute atomic E-state index is 13.5. The fraction of sp³-hybridized carbons (Fsp3) is 0.480. The number of pyridine rings is 1. The number of fused-ring (bicyclic) bond motifs is 2. The van der Waals surface area contributed by atoms with Crippen LogP contribution < -0.4 is 10.1 Å². The van der Waals surface area contributed by atoms with Gasteiger partial charge in [-0.15, -0.1) is 0 Å². The smallest absolute Gasteiger partial charge is 0.401 e. The summed E-state index contributed by atoms with van der Waals surface area (Å²) < 4.78 is 58.5. The molecule has 0 bridgehead atoms. The maximum Gasteiger partial charge on any atom is 0.401 e. The molecule has 4 nitrogen and oxygen atoms in total. The standard InChI is InChI=1S/C25H29F4N3O/c1-17-14-20-19-7-3-2-6-18(19)15-21(20)24(32(17)16-25(27,28)29)22-8-4-9-23(31-22)33-13-12-30-11-5-10-26/h2-4,6-9,17,24,30H,5,10-16H2,1H3/t17-,24+/m1/s1. The van der Waals surface area contributed by atoms with Crippen LogP contribution in [0.4, 0.5) is 17.6 Å². The summed E-state index contributed by atoms with van der Waals surface area (Å²) >= 11 is 0. The van der Waals surface area contributed by atoms with E-state index >= 15 is 0 Å². The molecule has 1 N–H and O–H groups in total. The number of aromatic nitrogens is 1. The molecule has 0 unspecified atom stereocenters. The van der Waals surface area contributed by atoms with Gasteiger partial charge in [-0.05, 0) is 61.1 Å². The van der Waals surface area contributed by atoms with E-state index in [1.54, 1.807) is 18.2 Å². The van der Waals surface area contributed by atoms with Gasteiger partial charge in [0.2, 0.25) is 5.88 Å². The normalized spacial score (nSPS) is 20.6. The molecule has 2 atom stereocenters. The highest BCUT2D eigenvalue weighted by atomic mass is 19.4. The monoisotopic (exact) mass is 463 g/mol. The number of nitrogens with one attached hydrogen (secondary N) is 1. The highest BCUT2D eigenvalue weighted by molar-refractivity contribution is 5.78. The van der Waals surface area contributed by atoms with E-state index in [2.05, 4.69) is 16.4 Å². The van der Waals surface area contributed by atoms with Gasteiger partial charge in [0.25, 0.3) is 0 Å². The van der Waals surface area contributed by atoms with Crippen LogP contribution in [0.2, 0.25) is 0 Å². The Kier molecular flexibility index (Phi) is 7.34. The summed E-state index contributed by atoms with van der Waals surface area (Å²) in [5, 5.41) is 3.08. The lowest BCUT2D eigenvalue weighted by Gasteiger charge is -2.42. The van der Waals surface area contributed by atoms with Crippen molar-refractivity contribution in [1.82, 2.24) is 15.2 Å². The Morgan fingerprint density at radius 1 is 1.12 bits per heavy atom. The third-order valence-electron chi connectivity index (χ3n) is 6.24. The number of ether oxygens (including phenoxy) is 1. The summed E-state index contributed by atoms with van der Waals surface area (Å²) in [6, 6.07) is 12.5. The molecule has 0 radical (unpaired) electrons. The number of halogens is 4. The minimum atomic E-state index is -4.31. The zero-order valence-electron chi connectivity index (χ0n) is 18.7. The largest absolute Gasteiger partial charge is 0.476 e. The van der Waals surface area contributed by atoms with Gasteiger partial charge in [0, 0.05) is 18.7 Å². The van der Waals surface area contributed by atoms with Crippen LogP contribution in [0.5, 0.6) is 5.88 Å². The Labute approximate surface area is 191 Å². The van der Waals surface area contributed by atoms with Gasteiger partial charge < -0.3 is 10.1 Å². The topological polar surface area (TPSA) is 37.4 Å². The second-order valence-electron chi connectivity index (χ2n) is 8.62. The van der Waals surface area contributed by atoms with Gasteiger partial charge in [-0.2, -0.15) is 13.2 Å². The van der Waals surface area contributed by atoms with E-state index in [1.807, 2.05) is 25.1 Å². The van der Waals surface area contributed by atoms with Gasteiger partial charge >= 0.3 is 6.18 Å². The molecular formula is C25H29F4N3O. The van der Waals surface area contributed by atoms with Crippen molar-refractivity contribution >= 4 is 5.57 Å². The van der Waals surface area contributed by atoms with Crippen molar-refractivity contribution in [2.75, 3.05) is 32.9 Å². The van der Waals surface area contributed by atoms with E-state index in [9.17, 15) is 17.6 Å². The predicted octanol–water partition coefficient (Wildman–Crippen LogP) is 5.12. The molecule has 0 spiro atoms. The molecule has 2 aromatic rings. The minimum Gasteiger partial charge on any atom is -0.476 e. The number of hydrogen-bond donors (Lipinski definition) is 1. The summed E-state index contributed by atoms with van der Waals surface area (Å²) in [6.45, 7) is 1.95. The zero-order valence-corrected chi connectivity index (χ0v) is 18.7. The van der Waals surface area contributed by atoms with E-state index in [0.29, 0.717) is 50.5 Å². The van der Waals surface area contributed by atoms with Gasteiger partial charge in [-0.1, -0.05) is 30.3 Å². The lowest BCUT2D eigenvalue weighted by atomic mass is 9.87.